The van der Waals surface area contributed by atoms with Crippen molar-refractivity contribution in [2.75, 3.05) is 0 Å². The van der Waals surface area contributed by atoms with E-state index in [1.807, 2.05) is 4.57 Å². The lowest BCUT2D eigenvalue weighted by Crippen LogP contribution is -2.26. The Balaban J connectivity index is 1.90. The van der Waals surface area contributed by atoms with Crippen LogP contribution in [0.2, 0.25) is 0 Å². The second-order valence-electron chi connectivity index (χ2n) is 4.44. The van der Waals surface area contributed by atoms with Gasteiger partial charge in [0.25, 0.3) is 0 Å². The summed E-state index contributed by atoms with van der Waals surface area (Å²) in [6.45, 7) is 2.71. The van der Waals surface area contributed by atoms with Gasteiger partial charge >= 0.3 is 0 Å². The van der Waals surface area contributed by atoms with Crippen molar-refractivity contribution in [1.29, 1.82) is 0 Å². The Morgan fingerprint density at radius 1 is 1.65 bits per heavy atom. The monoisotopic (exact) mass is 254 g/mol. The summed E-state index contributed by atoms with van der Waals surface area (Å²) in [6, 6.07) is 0.426. The van der Waals surface area contributed by atoms with Crippen molar-refractivity contribution in [2.24, 2.45) is 0 Å². The van der Waals surface area contributed by atoms with E-state index < -0.39 is 0 Å². The molecule has 0 unspecified atom stereocenters. The van der Waals surface area contributed by atoms with Crippen molar-refractivity contribution < 1.29 is 4.79 Å². The van der Waals surface area contributed by atoms with Crippen molar-refractivity contribution in [3.8, 4) is 0 Å². The molecule has 2 rings (SSSR count). The number of rotatable bonds is 6. The molecule has 1 aliphatic carbocycles. The number of hydrogen-bond donors (Lipinski definition) is 2. The van der Waals surface area contributed by atoms with Gasteiger partial charge in [-0.05, 0) is 31.5 Å². The second kappa shape index (κ2) is 5.44. The normalized spacial score (nSPS) is 14.9. The van der Waals surface area contributed by atoms with Gasteiger partial charge in [-0.25, -0.2) is 0 Å². The van der Waals surface area contributed by atoms with Gasteiger partial charge in [0.1, 0.15) is 5.82 Å². The fourth-order valence-electron chi connectivity index (χ4n) is 1.74. The van der Waals surface area contributed by atoms with Gasteiger partial charge in [0.15, 0.2) is 4.77 Å². The minimum Gasteiger partial charge on any atom is -0.353 e. The molecule has 1 fully saturated rings. The highest BCUT2D eigenvalue weighted by atomic mass is 32.1. The van der Waals surface area contributed by atoms with Crippen molar-refractivity contribution in [3.05, 3.63) is 10.6 Å². The van der Waals surface area contributed by atoms with E-state index in [1.165, 1.54) is 0 Å². The Bertz CT molecular complexity index is 447. The fraction of sp³-hybridized carbons (Fsp3) is 0.727. The van der Waals surface area contributed by atoms with E-state index in [2.05, 4.69) is 22.4 Å². The standard InChI is InChI=1S/C11H18N4OS/c1-2-3-9-13-14-11(17)15(9)7-6-10(16)12-8-4-5-8/h8H,2-7H2,1H3,(H,12,16)(H,14,17). The van der Waals surface area contributed by atoms with Crippen LogP contribution < -0.4 is 5.32 Å². The molecule has 2 N–H and O–H groups in total. The molecule has 1 saturated carbocycles. The molecule has 0 aromatic carbocycles. The first-order valence-corrected chi connectivity index (χ1v) is 6.55. The van der Waals surface area contributed by atoms with Crippen LogP contribution in [0.15, 0.2) is 0 Å². The molecule has 0 bridgehead atoms. The minimum atomic E-state index is 0.109. The van der Waals surface area contributed by atoms with Crippen LogP contribution in [-0.4, -0.2) is 26.7 Å². The van der Waals surface area contributed by atoms with Crippen LogP contribution in [0.3, 0.4) is 0 Å². The Labute approximate surface area is 106 Å². The molecule has 1 aromatic heterocycles. The van der Waals surface area contributed by atoms with Gasteiger partial charge in [0.2, 0.25) is 5.91 Å². The number of aromatic amines is 1. The van der Waals surface area contributed by atoms with E-state index in [1.54, 1.807) is 0 Å². The number of aromatic nitrogens is 3. The first-order valence-electron chi connectivity index (χ1n) is 6.14. The fourth-order valence-corrected chi connectivity index (χ4v) is 1.98. The maximum Gasteiger partial charge on any atom is 0.222 e. The molecular weight excluding hydrogens is 236 g/mol. The summed E-state index contributed by atoms with van der Waals surface area (Å²) >= 11 is 5.15. The molecule has 6 heteroatoms. The Kier molecular flexibility index (Phi) is 3.93. The summed E-state index contributed by atoms with van der Waals surface area (Å²) in [5.74, 6) is 1.05. The molecule has 0 atom stereocenters. The third kappa shape index (κ3) is 3.39. The highest BCUT2D eigenvalue weighted by Crippen LogP contribution is 2.18. The molecule has 0 saturated heterocycles. The van der Waals surface area contributed by atoms with Crippen molar-refractivity contribution in [3.63, 3.8) is 0 Å². The molecule has 1 heterocycles. The summed E-state index contributed by atoms with van der Waals surface area (Å²) in [7, 11) is 0. The van der Waals surface area contributed by atoms with Crippen LogP contribution >= 0.6 is 12.2 Å². The molecule has 1 amide bonds. The maximum atomic E-state index is 11.6. The van der Waals surface area contributed by atoms with Gasteiger partial charge in [-0.2, -0.15) is 5.10 Å². The first kappa shape index (κ1) is 12.3. The summed E-state index contributed by atoms with van der Waals surface area (Å²) in [6.07, 6.45) is 4.63. The zero-order chi connectivity index (χ0) is 12.3. The average Bonchev–Trinajstić information content (AvgIpc) is 3.03. The van der Waals surface area contributed by atoms with Crippen molar-refractivity contribution in [2.45, 2.75) is 51.6 Å². The lowest BCUT2D eigenvalue weighted by molar-refractivity contribution is -0.121. The lowest BCUT2D eigenvalue weighted by Gasteiger charge is -2.06. The molecule has 0 spiro atoms. The molecule has 1 aliphatic rings. The molecular formula is C11H18N4OS. The number of nitrogens with zero attached hydrogens (tertiary/aromatic N) is 2. The van der Waals surface area contributed by atoms with E-state index in [-0.39, 0.29) is 5.91 Å². The van der Waals surface area contributed by atoms with Crippen LogP contribution in [0.1, 0.15) is 38.4 Å². The van der Waals surface area contributed by atoms with Crippen LogP contribution in [0, 0.1) is 4.77 Å². The molecule has 1 aromatic rings. The zero-order valence-corrected chi connectivity index (χ0v) is 10.8. The van der Waals surface area contributed by atoms with Gasteiger partial charge in [0.05, 0.1) is 0 Å². The highest BCUT2D eigenvalue weighted by Gasteiger charge is 2.23. The van der Waals surface area contributed by atoms with E-state index in [4.69, 9.17) is 12.2 Å². The quantitative estimate of drug-likeness (QED) is 0.757. The van der Waals surface area contributed by atoms with Crippen molar-refractivity contribution >= 4 is 18.1 Å². The summed E-state index contributed by atoms with van der Waals surface area (Å²) in [5.41, 5.74) is 0. The molecule has 94 valence electrons. The minimum absolute atomic E-state index is 0.109. The molecule has 0 aliphatic heterocycles. The van der Waals surface area contributed by atoms with Crippen molar-refractivity contribution in [1.82, 2.24) is 20.1 Å². The summed E-state index contributed by atoms with van der Waals surface area (Å²) in [4.78, 5) is 11.6. The second-order valence-corrected chi connectivity index (χ2v) is 4.83. The largest absolute Gasteiger partial charge is 0.353 e. The number of carbonyl (C=O) groups excluding carboxylic acids is 1. The number of amides is 1. The zero-order valence-electron chi connectivity index (χ0n) is 10.0. The number of H-pyrrole nitrogens is 1. The smallest absolute Gasteiger partial charge is 0.222 e. The van der Waals surface area contributed by atoms with Crippen LogP contribution in [0.25, 0.3) is 0 Å². The highest BCUT2D eigenvalue weighted by molar-refractivity contribution is 7.71. The number of hydrogen-bond acceptors (Lipinski definition) is 3. The average molecular weight is 254 g/mol. The van der Waals surface area contributed by atoms with E-state index in [0.717, 1.165) is 31.5 Å². The Hall–Kier alpha value is -1.17. The number of aryl methyl sites for hydroxylation is 1. The van der Waals surface area contributed by atoms with Gasteiger partial charge in [-0.15, -0.1) is 0 Å². The van der Waals surface area contributed by atoms with E-state index >= 15 is 0 Å². The molecule has 17 heavy (non-hydrogen) atoms. The van der Waals surface area contributed by atoms with Gasteiger partial charge < -0.3 is 9.88 Å². The van der Waals surface area contributed by atoms with Crippen LogP contribution in [0.4, 0.5) is 0 Å². The molecule has 5 nitrogen and oxygen atoms in total. The number of carbonyl (C=O) groups is 1. The number of nitrogens with one attached hydrogen (secondary N) is 2. The van der Waals surface area contributed by atoms with Gasteiger partial charge in [0, 0.05) is 25.4 Å². The van der Waals surface area contributed by atoms with E-state index in [0.29, 0.717) is 23.8 Å². The Morgan fingerprint density at radius 3 is 3.06 bits per heavy atom. The van der Waals surface area contributed by atoms with E-state index in [9.17, 15) is 4.79 Å². The Morgan fingerprint density at radius 2 is 2.41 bits per heavy atom. The predicted octanol–water partition coefficient (Wildman–Crippen LogP) is 1.56. The third-order valence-corrected chi connectivity index (χ3v) is 3.13. The SMILES string of the molecule is CCCc1n[nH]c(=S)n1CCC(=O)NC1CC1. The lowest BCUT2D eigenvalue weighted by atomic mass is 10.3. The van der Waals surface area contributed by atoms with Gasteiger partial charge in [-0.1, -0.05) is 6.92 Å². The summed E-state index contributed by atoms with van der Waals surface area (Å²) in [5, 5.41) is 9.92. The van der Waals surface area contributed by atoms with Gasteiger partial charge in [-0.3, -0.25) is 9.89 Å². The summed E-state index contributed by atoms with van der Waals surface area (Å²) < 4.78 is 2.53. The van der Waals surface area contributed by atoms with Crippen LogP contribution in [0.5, 0.6) is 0 Å². The molecule has 0 radical (unpaired) electrons. The van der Waals surface area contributed by atoms with Crippen LogP contribution in [-0.2, 0) is 17.8 Å². The predicted molar refractivity (Wildman–Crippen MR) is 67.2 cm³/mol. The maximum absolute atomic E-state index is 11.6. The first-order chi connectivity index (χ1) is 8.20. The third-order valence-electron chi connectivity index (χ3n) is 2.82. The topological polar surface area (TPSA) is 62.7 Å².